The number of hydrazine groups is 1. The molecule has 1 saturated heterocycles. The summed E-state index contributed by atoms with van der Waals surface area (Å²) in [5, 5.41) is 0. The van der Waals surface area contributed by atoms with Gasteiger partial charge in [-0.25, -0.2) is 5.84 Å². The number of ether oxygens (including phenoxy) is 1. The van der Waals surface area contributed by atoms with Gasteiger partial charge in [-0.15, -0.1) is 0 Å². The fraction of sp³-hybridized carbons (Fsp3) is 0.917. The van der Waals surface area contributed by atoms with Crippen molar-refractivity contribution in [1.29, 1.82) is 0 Å². The van der Waals surface area contributed by atoms with Crippen molar-refractivity contribution in [3.63, 3.8) is 0 Å². The van der Waals surface area contributed by atoms with Gasteiger partial charge in [0.1, 0.15) is 0 Å². The van der Waals surface area contributed by atoms with Crippen LogP contribution < -0.4 is 11.3 Å². The molecule has 0 spiro atoms. The van der Waals surface area contributed by atoms with Gasteiger partial charge >= 0.3 is 0 Å². The topological polar surface area (TPSA) is 67.6 Å². The monoisotopic (exact) mass is 243 g/mol. The fourth-order valence-electron chi connectivity index (χ4n) is 2.55. The van der Waals surface area contributed by atoms with Gasteiger partial charge in [0.25, 0.3) is 5.91 Å². The average molecular weight is 243 g/mol. The second-order valence-corrected chi connectivity index (χ2v) is 5.19. The number of nitrogens with two attached hydrogens (primary N) is 1. The third-order valence-electron chi connectivity index (χ3n) is 3.40. The van der Waals surface area contributed by atoms with Gasteiger partial charge in [-0.3, -0.25) is 15.1 Å². The summed E-state index contributed by atoms with van der Waals surface area (Å²) >= 11 is 0. The van der Waals surface area contributed by atoms with Crippen LogP contribution in [0, 0.1) is 11.8 Å². The molecule has 1 amide bonds. The van der Waals surface area contributed by atoms with E-state index < -0.39 is 0 Å². The van der Waals surface area contributed by atoms with Crippen molar-refractivity contribution in [2.75, 3.05) is 26.8 Å². The van der Waals surface area contributed by atoms with Crippen LogP contribution in [-0.4, -0.2) is 43.7 Å². The lowest BCUT2D eigenvalue weighted by atomic mass is 9.96. The number of amides is 1. The summed E-state index contributed by atoms with van der Waals surface area (Å²) in [5.74, 6) is 6.01. The van der Waals surface area contributed by atoms with Crippen molar-refractivity contribution in [2.24, 2.45) is 17.7 Å². The Balaban J connectivity index is 2.51. The smallest absolute Gasteiger partial charge is 0.251 e. The molecule has 5 nitrogen and oxygen atoms in total. The van der Waals surface area contributed by atoms with Gasteiger partial charge in [0.2, 0.25) is 0 Å². The maximum absolute atomic E-state index is 11.7. The average Bonchev–Trinajstić information content (AvgIpc) is 2.29. The van der Waals surface area contributed by atoms with Gasteiger partial charge in [0.15, 0.2) is 0 Å². The maximum Gasteiger partial charge on any atom is 0.251 e. The van der Waals surface area contributed by atoms with Gasteiger partial charge in [-0.1, -0.05) is 13.8 Å². The highest BCUT2D eigenvalue weighted by Crippen LogP contribution is 2.18. The number of nitrogens with one attached hydrogen (secondary N) is 1. The van der Waals surface area contributed by atoms with E-state index in [4.69, 9.17) is 10.6 Å². The second-order valence-electron chi connectivity index (χ2n) is 5.19. The Morgan fingerprint density at radius 1 is 1.47 bits per heavy atom. The predicted octanol–water partition coefficient (Wildman–Crippen LogP) is 0.359. The zero-order valence-corrected chi connectivity index (χ0v) is 11.1. The van der Waals surface area contributed by atoms with Crippen molar-refractivity contribution in [2.45, 2.75) is 32.7 Å². The van der Waals surface area contributed by atoms with E-state index in [9.17, 15) is 4.79 Å². The lowest BCUT2D eigenvalue weighted by molar-refractivity contribution is -0.127. The van der Waals surface area contributed by atoms with E-state index in [0.29, 0.717) is 5.92 Å². The Kier molecular flexibility index (Phi) is 5.88. The summed E-state index contributed by atoms with van der Waals surface area (Å²) in [6.07, 6.45) is 2.17. The van der Waals surface area contributed by atoms with E-state index in [1.54, 1.807) is 0 Å². The summed E-state index contributed by atoms with van der Waals surface area (Å²) < 4.78 is 5.34. The van der Waals surface area contributed by atoms with E-state index in [1.165, 1.54) is 0 Å². The number of hydrogen-bond acceptors (Lipinski definition) is 4. The summed E-state index contributed by atoms with van der Waals surface area (Å²) in [4.78, 5) is 13.8. The second kappa shape index (κ2) is 6.93. The van der Waals surface area contributed by atoms with Crippen LogP contribution in [-0.2, 0) is 9.53 Å². The number of carbonyl (C=O) groups is 1. The molecule has 1 atom stereocenters. The minimum Gasteiger partial charge on any atom is -0.381 e. The number of carbonyl (C=O) groups excluding carboxylic acids is 1. The van der Waals surface area contributed by atoms with Crippen LogP contribution in [0.4, 0.5) is 0 Å². The minimum absolute atomic E-state index is 0.102. The van der Waals surface area contributed by atoms with Crippen molar-refractivity contribution in [3.05, 3.63) is 0 Å². The quantitative estimate of drug-likeness (QED) is 0.415. The lowest BCUT2D eigenvalue weighted by Crippen LogP contribution is -2.51. The Bertz CT molecular complexity index is 240. The molecule has 0 saturated carbocycles. The number of nitrogens with zero attached hydrogens (tertiary/aromatic N) is 1. The van der Waals surface area contributed by atoms with E-state index in [2.05, 4.69) is 10.3 Å². The lowest BCUT2D eigenvalue weighted by Gasteiger charge is -2.33. The zero-order valence-electron chi connectivity index (χ0n) is 11.1. The van der Waals surface area contributed by atoms with Gasteiger partial charge in [-0.05, 0) is 31.7 Å². The third-order valence-corrected chi connectivity index (χ3v) is 3.40. The molecule has 1 fully saturated rings. The predicted molar refractivity (Wildman–Crippen MR) is 67.1 cm³/mol. The molecule has 1 aliphatic heterocycles. The first kappa shape index (κ1) is 14.4. The number of rotatable bonds is 5. The van der Waals surface area contributed by atoms with Gasteiger partial charge in [0.05, 0.1) is 6.04 Å². The Morgan fingerprint density at radius 2 is 2.06 bits per heavy atom. The van der Waals surface area contributed by atoms with E-state index in [0.717, 1.165) is 32.6 Å². The molecule has 1 rings (SSSR count). The Hall–Kier alpha value is -0.650. The van der Waals surface area contributed by atoms with E-state index in [1.807, 2.05) is 20.9 Å². The molecule has 0 aromatic rings. The SMILES string of the molecule is CC(C)C(C(=O)NN)N(C)CC1CCOCC1. The van der Waals surface area contributed by atoms with Gasteiger partial charge in [0, 0.05) is 19.8 Å². The van der Waals surface area contributed by atoms with Crippen molar-refractivity contribution >= 4 is 5.91 Å². The van der Waals surface area contributed by atoms with Crippen molar-refractivity contribution in [3.8, 4) is 0 Å². The van der Waals surface area contributed by atoms with Crippen LogP contribution in [0.5, 0.6) is 0 Å². The van der Waals surface area contributed by atoms with Crippen LogP contribution in [0.1, 0.15) is 26.7 Å². The Morgan fingerprint density at radius 3 is 2.53 bits per heavy atom. The molecule has 1 unspecified atom stereocenters. The highest BCUT2D eigenvalue weighted by molar-refractivity contribution is 5.81. The molecule has 0 radical (unpaired) electrons. The molecule has 0 aliphatic carbocycles. The first-order valence-electron chi connectivity index (χ1n) is 6.34. The summed E-state index contributed by atoms with van der Waals surface area (Å²) in [6, 6.07) is -0.150. The molecule has 0 bridgehead atoms. The molecule has 1 aliphatic rings. The molecule has 17 heavy (non-hydrogen) atoms. The maximum atomic E-state index is 11.7. The first-order chi connectivity index (χ1) is 8.06. The molecule has 0 aromatic heterocycles. The normalized spacial score (nSPS) is 19.6. The summed E-state index contributed by atoms with van der Waals surface area (Å²) in [5.41, 5.74) is 2.26. The molecule has 3 N–H and O–H groups in total. The standard InChI is InChI=1S/C12H25N3O2/c1-9(2)11(12(16)14-13)15(3)8-10-4-6-17-7-5-10/h9-11H,4-8,13H2,1-3H3,(H,14,16). The van der Waals surface area contributed by atoms with Crippen LogP contribution in [0.15, 0.2) is 0 Å². The number of likely N-dealkylation sites (N-methyl/N-ethyl adjacent to an activating group) is 1. The summed E-state index contributed by atoms with van der Waals surface area (Å²) in [6.45, 7) is 6.70. The van der Waals surface area contributed by atoms with Crippen LogP contribution >= 0.6 is 0 Å². The van der Waals surface area contributed by atoms with Crippen LogP contribution in [0.3, 0.4) is 0 Å². The molecular formula is C12H25N3O2. The third kappa shape index (κ3) is 4.26. The van der Waals surface area contributed by atoms with Gasteiger partial charge < -0.3 is 4.74 Å². The van der Waals surface area contributed by atoms with Crippen molar-refractivity contribution in [1.82, 2.24) is 10.3 Å². The molecule has 100 valence electrons. The van der Waals surface area contributed by atoms with E-state index >= 15 is 0 Å². The highest BCUT2D eigenvalue weighted by Gasteiger charge is 2.28. The van der Waals surface area contributed by atoms with Crippen LogP contribution in [0.25, 0.3) is 0 Å². The largest absolute Gasteiger partial charge is 0.381 e. The minimum atomic E-state index is -0.150. The number of hydrogen-bond donors (Lipinski definition) is 2. The molecule has 1 heterocycles. The molecular weight excluding hydrogens is 218 g/mol. The fourth-order valence-corrected chi connectivity index (χ4v) is 2.55. The molecule has 5 heteroatoms. The first-order valence-corrected chi connectivity index (χ1v) is 6.34. The van der Waals surface area contributed by atoms with E-state index in [-0.39, 0.29) is 17.9 Å². The zero-order chi connectivity index (χ0) is 12.8. The van der Waals surface area contributed by atoms with Crippen LogP contribution in [0.2, 0.25) is 0 Å². The highest BCUT2D eigenvalue weighted by atomic mass is 16.5. The van der Waals surface area contributed by atoms with Crippen molar-refractivity contribution < 1.29 is 9.53 Å². The van der Waals surface area contributed by atoms with Gasteiger partial charge in [-0.2, -0.15) is 0 Å². The Labute approximate surface area is 104 Å². The summed E-state index contributed by atoms with van der Waals surface area (Å²) in [7, 11) is 2.00. The molecule has 0 aromatic carbocycles.